The summed E-state index contributed by atoms with van der Waals surface area (Å²) in [6, 6.07) is 9.17. The highest BCUT2D eigenvalue weighted by Crippen LogP contribution is 2.15. The van der Waals surface area contributed by atoms with Gasteiger partial charge >= 0.3 is 0 Å². The van der Waals surface area contributed by atoms with E-state index in [9.17, 15) is 4.79 Å². The summed E-state index contributed by atoms with van der Waals surface area (Å²) < 4.78 is 12.1. The number of carbonyl (C=O) groups excluding carboxylic acids is 1. The van der Waals surface area contributed by atoms with Crippen LogP contribution in [0.5, 0.6) is 5.75 Å². The number of nitrogens with one attached hydrogen (secondary N) is 1. The Labute approximate surface area is 145 Å². The first-order valence-corrected chi connectivity index (χ1v) is 8.11. The number of aromatic nitrogens is 3. The SMILES string of the molecule is CCCc1occc1C(=O)NCc1cn(-c2ccc(OC)cc2)nn1. The number of hydrogen-bond donors (Lipinski definition) is 1. The minimum Gasteiger partial charge on any atom is -0.497 e. The van der Waals surface area contributed by atoms with E-state index in [1.54, 1.807) is 30.3 Å². The molecule has 0 unspecified atom stereocenters. The van der Waals surface area contributed by atoms with E-state index < -0.39 is 0 Å². The van der Waals surface area contributed by atoms with Crippen molar-refractivity contribution in [2.75, 3.05) is 7.11 Å². The van der Waals surface area contributed by atoms with Crippen molar-refractivity contribution in [1.82, 2.24) is 20.3 Å². The molecule has 0 bridgehead atoms. The van der Waals surface area contributed by atoms with Crippen LogP contribution in [-0.2, 0) is 13.0 Å². The number of methoxy groups -OCH3 is 1. The van der Waals surface area contributed by atoms with Crippen molar-refractivity contribution in [3.63, 3.8) is 0 Å². The number of amides is 1. The van der Waals surface area contributed by atoms with E-state index >= 15 is 0 Å². The van der Waals surface area contributed by atoms with Crippen molar-refractivity contribution in [3.8, 4) is 11.4 Å². The molecule has 2 heterocycles. The summed E-state index contributed by atoms with van der Waals surface area (Å²) in [4.78, 5) is 12.3. The maximum Gasteiger partial charge on any atom is 0.255 e. The van der Waals surface area contributed by atoms with Crippen molar-refractivity contribution in [2.45, 2.75) is 26.3 Å². The molecule has 0 aliphatic heterocycles. The van der Waals surface area contributed by atoms with Gasteiger partial charge in [0.25, 0.3) is 5.91 Å². The van der Waals surface area contributed by atoms with Crippen LogP contribution in [0.2, 0.25) is 0 Å². The van der Waals surface area contributed by atoms with Gasteiger partial charge in [0, 0.05) is 6.42 Å². The maximum absolute atomic E-state index is 12.3. The largest absolute Gasteiger partial charge is 0.497 e. The van der Waals surface area contributed by atoms with Crippen LogP contribution >= 0.6 is 0 Å². The van der Waals surface area contributed by atoms with Crippen molar-refractivity contribution >= 4 is 5.91 Å². The fourth-order valence-corrected chi connectivity index (χ4v) is 2.47. The molecule has 3 rings (SSSR count). The van der Waals surface area contributed by atoms with Crippen LogP contribution in [0, 0.1) is 0 Å². The van der Waals surface area contributed by atoms with Gasteiger partial charge in [0.05, 0.1) is 37.4 Å². The van der Waals surface area contributed by atoms with E-state index in [0.717, 1.165) is 24.3 Å². The van der Waals surface area contributed by atoms with Gasteiger partial charge in [-0.05, 0) is 36.8 Å². The molecule has 0 atom stereocenters. The molecule has 130 valence electrons. The van der Waals surface area contributed by atoms with Crippen LogP contribution in [0.1, 0.15) is 35.2 Å². The Morgan fingerprint density at radius 3 is 2.80 bits per heavy atom. The molecule has 7 heteroatoms. The maximum atomic E-state index is 12.3. The second kappa shape index (κ2) is 7.65. The average Bonchev–Trinajstić information content (AvgIpc) is 3.30. The molecule has 0 fully saturated rings. The van der Waals surface area contributed by atoms with Crippen molar-refractivity contribution in [1.29, 1.82) is 0 Å². The number of nitrogens with zero attached hydrogens (tertiary/aromatic N) is 3. The summed E-state index contributed by atoms with van der Waals surface area (Å²) in [6.45, 7) is 2.34. The summed E-state index contributed by atoms with van der Waals surface area (Å²) in [7, 11) is 1.62. The van der Waals surface area contributed by atoms with Gasteiger partial charge in [-0.3, -0.25) is 4.79 Å². The minimum absolute atomic E-state index is 0.170. The Kier molecular flexibility index (Phi) is 5.13. The number of carbonyl (C=O) groups is 1. The van der Waals surface area contributed by atoms with E-state index in [-0.39, 0.29) is 5.91 Å². The lowest BCUT2D eigenvalue weighted by Crippen LogP contribution is -2.23. The Balaban J connectivity index is 1.63. The molecule has 1 amide bonds. The third-order valence-corrected chi connectivity index (χ3v) is 3.77. The molecule has 7 nitrogen and oxygen atoms in total. The third kappa shape index (κ3) is 3.88. The van der Waals surface area contributed by atoms with Crippen LogP contribution in [0.15, 0.2) is 47.2 Å². The van der Waals surface area contributed by atoms with Gasteiger partial charge in [-0.25, -0.2) is 4.68 Å². The molecule has 0 saturated carbocycles. The molecule has 0 saturated heterocycles. The van der Waals surface area contributed by atoms with Crippen molar-refractivity contribution in [3.05, 3.63) is 59.8 Å². The predicted octanol–water partition coefficient (Wildman–Crippen LogP) is 2.75. The smallest absolute Gasteiger partial charge is 0.255 e. The molecule has 0 radical (unpaired) electrons. The van der Waals surface area contributed by atoms with Crippen molar-refractivity contribution in [2.24, 2.45) is 0 Å². The molecule has 25 heavy (non-hydrogen) atoms. The van der Waals surface area contributed by atoms with Gasteiger partial charge < -0.3 is 14.5 Å². The quantitative estimate of drug-likeness (QED) is 0.715. The monoisotopic (exact) mass is 340 g/mol. The zero-order chi connectivity index (χ0) is 17.6. The molecule has 2 aromatic heterocycles. The zero-order valence-corrected chi connectivity index (χ0v) is 14.2. The van der Waals surface area contributed by atoms with Gasteiger partial charge in [-0.2, -0.15) is 0 Å². The highest BCUT2D eigenvalue weighted by Gasteiger charge is 2.14. The molecule has 3 aromatic rings. The normalized spacial score (nSPS) is 10.6. The number of aryl methyl sites for hydroxylation is 1. The van der Waals surface area contributed by atoms with Gasteiger partial charge in [0.15, 0.2) is 0 Å². The second-order valence-electron chi connectivity index (χ2n) is 5.54. The third-order valence-electron chi connectivity index (χ3n) is 3.77. The van der Waals surface area contributed by atoms with E-state index in [0.29, 0.717) is 23.6 Å². The zero-order valence-electron chi connectivity index (χ0n) is 14.2. The van der Waals surface area contributed by atoms with Crippen LogP contribution < -0.4 is 10.1 Å². The first-order valence-electron chi connectivity index (χ1n) is 8.11. The average molecular weight is 340 g/mol. The van der Waals surface area contributed by atoms with E-state index in [4.69, 9.17) is 9.15 Å². The van der Waals surface area contributed by atoms with E-state index in [1.807, 2.05) is 31.2 Å². The van der Waals surface area contributed by atoms with Gasteiger partial charge in [0.2, 0.25) is 0 Å². The summed E-state index contributed by atoms with van der Waals surface area (Å²) in [5.74, 6) is 1.32. The summed E-state index contributed by atoms with van der Waals surface area (Å²) in [5, 5.41) is 11.0. The highest BCUT2D eigenvalue weighted by atomic mass is 16.5. The van der Waals surface area contributed by atoms with Gasteiger partial charge in [-0.1, -0.05) is 12.1 Å². The van der Waals surface area contributed by atoms with Crippen LogP contribution in [0.3, 0.4) is 0 Å². The Morgan fingerprint density at radius 2 is 2.08 bits per heavy atom. The Bertz CT molecular complexity index is 836. The number of rotatable bonds is 7. The number of benzene rings is 1. The fraction of sp³-hybridized carbons (Fsp3) is 0.278. The van der Waals surface area contributed by atoms with E-state index in [1.165, 1.54) is 0 Å². The van der Waals surface area contributed by atoms with E-state index in [2.05, 4.69) is 15.6 Å². The van der Waals surface area contributed by atoms with Crippen LogP contribution in [0.4, 0.5) is 0 Å². The topological polar surface area (TPSA) is 82.2 Å². The van der Waals surface area contributed by atoms with Gasteiger partial charge in [-0.15, -0.1) is 5.10 Å². The fourth-order valence-electron chi connectivity index (χ4n) is 2.47. The first kappa shape index (κ1) is 16.8. The minimum atomic E-state index is -0.170. The molecule has 1 aromatic carbocycles. The molecule has 0 spiro atoms. The lowest BCUT2D eigenvalue weighted by Gasteiger charge is -2.03. The predicted molar refractivity (Wildman–Crippen MR) is 91.8 cm³/mol. The standard InChI is InChI=1S/C18H20N4O3/c1-3-4-17-16(9-10-25-17)18(23)19-11-13-12-22(21-20-13)14-5-7-15(24-2)8-6-14/h5-10,12H,3-4,11H2,1-2H3,(H,19,23). The number of ether oxygens (including phenoxy) is 1. The Hall–Kier alpha value is -3.09. The highest BCUT2D eigenvalue weighted by molar-refractivity contribution is 5.95. The molecule has 0 aliphatic carbocycles. The van der Waals surface area contributed by atoms with Gasteiger partial charge in [0.1, 0.15) is 17.2 Å². The summed E-state index contributed by atoms with van der Waals surface area (Å²) in [5.41, 5.74) is 2.11. The summed E-state index contributed by atoms with van der Waals surface area (Å²) >= 11 is 0. The Morgan fingerprint density at radius 1 is 1.28 bits per heavy atom. The molecule has 1 N–H and O–H groups in total. The second-order valence-corrected chi connectivity index (χ2v) is 5.54. The molecule has 0 aliphatic rings. The van der Waals surface area contributed by atoms with Crippen LogP contribution in [0.25, 0.3) is 5.69 Å². The lowest BCUT2D eigenvalue weighted by atomic mass is 10.1. The molecular formula is C18H20N4O3. The lowest BCUT2D eigenvalue weighted by molar-refractivity contribution is 0.0948. The summed E-state index contributed by atoms with van der Waals surface area (Å²) in [6.07, 6.45) is 4.98. The van der Waals surface area contributed by atoms with Crippen molar-refractivity contribution < 1.29 is 13.9 Å². The number of furan rings is 1. The van der Waals surface area contributed by atoms with Crippen LogP contribution in [-0.4, -0.2) is 28.0 Å². The first-order chi connectivity index (χ1) is 12.2. The number of hydrogen-bond acceptors (Lipinski definition) is 5. The molecular weight excluding hydrogens is 320 g/mol.